The summed E-state index contributed by atoms with van der Waals surface area (Å²) in [5.41, 5.74) is 0.504. The van der Waals surface area contributed by atoms with E-state index in [-0.39, 0.29) is 0 Å². The van der Waals surface area contributed by atoms with E-state index >= 15 is 0 Å². The second-order valence-electron chi connectivity index (χ2n) is 6.09. The fourth-order valence-electron chi connectivity index (χ4n) is 3.05. The highest BCUT2D eigenvalue weighted by Gasteiger charge is 2.28. The van der Waals surface area contributed by atoms with E-state index in [1.165, 1.54) is 51.7 Å². The Labute approximate surface area is 94.2 Å². The zero-order valence-electron chi connectivity index (χ0n) is 10.3. The van der Waals surface area contributed by atoms with Crippen molar-refractivity contribution in [1.29, 1.82) is 0 Å². The first-order chi connectivity index (χ1) is 7.18. The first-order valence-electron chi connectivity index (χ1n) is 6.62. The second kappa shape index (κ2) is 4.84. The lowest BCUT2D eigenvalue weighted by atomic mass is 9.82. The minimum Gasteiger partial charge on any atom is -0.316 e. The summed E-state index contributed by atoms with van der Waals surface area (Å²) in [5.74, 6) is 0.944. The maximum absolute atomic E-state index is 3.78. The Morgan fingerprint density at radius 2 is 2.27 bits per heavy atom. The lowest BCUT2D eigenvalue weighted by molar-refractivity contribution is 0.218. The van der Waals surface area contributed by atoms with Crippen LogP contribution < -0.4 is 10.6 Å². The van der Waals surface area contributed by atoms with Crippen LogP contribution >= 0.6 is 0 Å². The third-order valence-electron chi connectivity index (χ3n) is 4.20. The molecule has 0 spiro atoms. The molecule has 3 unspecified atom stereocenters. The highest BCUT2D eigenvalue weighted by Crippen LogP contribution is 2.28. The normalized spacial score (nSPS) is 42.0. The minimum absolute atomic E-state index is 0.504. The van der Waals surface area contributed by atoms with E-state index in [2.05, 4.69) is 24.5 Å². The summed E-state index contributed by atoms with van der Waals surface area (Å²) in [6.07, 6.45) is 6.94. The zero-order chi connectivity index (χ0) is 10.7. The van der Waals surface area contributed by atoms with Gasteiger partial charge in [0.05, 0.1) is 0 Å². The molecule has 3 atom stereocenters. The quantitative estimate of drug-likeness (QED) is 0.746. The van der Waals surface area contributed by atoms with Gasteiger partial charge in [-0.1, -0.05) is 13.8 Å². The predicted molar refractivity (Wildman–Crippen MR) is 65.0 cm³/mol. The van der Waals surface area contributed by atoms with Crippen LogP contribution in [-0.4, -0.2) is 25.7 Å². The van der Waals surface area contributed by atoms with Crippen molar-refractivity contribution in [3.8, 4) is 0 Å². The molecule has 0 aromatic rings. The van der Waals surface area contributed by atoms with Gasteiger partial charge >= 0.3 is 0 Å². The Balaban J connectivity index is 1.72. The topological polar surface area (TPSA) is 24.1 Å². The monoisotopic (exact) mass is 210 g/mol. The predicted octanol–water partition coefficient (Wildman–Crippen LogP) is 2.15. The molecule has 1 saturated heterocycles. The third-order valence-corrected chi connectivity index (χ3v) is 4.20. The van der Waals surface area contributed by atoms with Crippen LogP contribution in [0.1, 0.15) is 46.0 Å². The SMILES string of the molecule is CC1CCC(NCC2(C)CCCNC2)C1. The van der Waals surface area contributed by atoms with E-state index in [0.717, 1.165) is 12.0 Å². The molecular formula is C13H26N2. The lowest BCUT2D eigenvalue weighted by Gasteiger charge is -2.35. The zero-order valence-corrected chi connectivity index (χ0v) is 10.3. The Bertz CT molecular complexity index is 197. The first kappa shape index (κ1) is 11.4. The van der Waals surface area contributed by atoms with Crippen molar-refractivity contribution in [1.82, 2.24) is 10.6 Å². The number of nitrogens with one attached hydrogen (secondary N) is 2. The van der Waals surface area contributed by atoms with Crippen molar-refractivity contribution in [3.05, 3.63) is 0 Å². The summed E-state index contributed by atoms with van der Waals surface area (Å²) < 4.78 is 0. The maximum Gasteiger partial charge on any atom is 0.00699 e. The van der Waals surface area contributed by atoms with Crippen molar-refractivity contribution in [2.75, 3.05) is 19.6 Å². The van der Waals surface area contributed by atoms with Gasteiger partial charge in [-0.25, -0.2) is 0 Å². The fraction of sp³-hybridized carbons (Fsp3) is 1.00. The van der Waals surface area contributed by atoms with Gasteiger partial charge in [-0.15, -0.1) is 0 Å². The summed E-state index contributed by atoms with van der Waals surface area (Å²) in [7, 11) is 0. The maximum atomic E-state index is 3.78. The molecule has 1 saturated carbocycles. The van der Waals surface area contributed by atoms with Crippen LogP contribution in [-0.2, 0) is 0 Å². The van der Waals surface area contributed by atoms with Crippen LogP contribution in [0.4, 0.5) is 0 Å². The number of piperidine rings is 1. The Morgan fingerprint density at radius 1 is 1.40 bits per heavy atom. The third kappa shape index (κ3) is 3.18. The first-order valence-corrected chi connectivity index (χ1v) is 6.62. The molecular weight excluding hydrogens is 184 g/mol. The molecule has 0 bridgehead atoms. The standard InChI is InChI=1S/C13H26N2/c1-11-4-5-12(8-11)15-10-13(2)6-3-7-14-9-13/h11-12,14-15H,3-10H2,1-2H3. The Hall–Kier alpha value is -0.0800. The molecule has 2 heteroatoms. The molecule has 0 radical (unpaired) electrons. The number of hydrogen-bond acceptors (Lipinski definition) is 2. The molecule has 2 nitrogen and oxygen atoms in total. The molecule has 0 aromatic heterocycles. The molecule has 15 heavy (non-hydrogen) atoms. The molecule has 2 fully saturated rings. The van der Waals surface area contributed by atoms with Crippen molar-refractivity contribution >= 4 is 0 Å². The average Bonchev–Trinajstić information content (AvgIpc) is 2.63. The van der Waals surface area contributed by atoms with Gasteiger partial charge in [-0.3, -0.25) is 0 Å². The van der Waals surface area contributed by atoms with Crippen LogP contribution in [0.3, 0.4) is 0 Å². The Morgan fingerprint density at radius 3 is 2.87 bits per heavy atom. The molecule has 1 aliphatic carbocycles. The highest BCUT2D eigenvalue weighted by atomic mass is 15.0. The van der Waals surface area contributed by atoms with Gasteiger partial charge in [0.1, 0.15) is 0 Å². The molecule has 88 valence electrons. The van der Waals surface area contributed by atoms with Gasteiger partial charge in [0.15, 0.2) is 0 Å². The summed E-state index contributed by atoms with van der Waals surface area (Å²) in [6.45, 7) is 8.42. The smallest absolute Gasteiger partial charge is 0.00699 e. The van der Waals surface area contributed by atoms with E-state index in [0.29, 0.717) is 5.41 Å². The van der Waals surface area contributed by atoms with E-state index in [1.54, 1.807) is 0 Å². The van der Waals surface area contributed by atoms with Gasteiger partial charge in [-0.05, 0) is 50.0 Å². The summed E-state index contributed by atoms with van der Waals surface area (Å²) >= 11 is 0. The van der Waals surface area contributed by atoms with E-state index < -0.39 is 0 Å². The second-order valence-corrected chi connectivity index (χ2v) is 6.09. The van der Waals surface area contributed by atoms with Gasteiger partial charge < -0.3 is 10.6 Å². The highest BCUT2D eigenvalue weighted by molar-refractivity contribution is 4.86. The average molecular weight is 210 g/mol. The number of rotatable bonds is 3. The molecule has 2 rings (SSSR count). The largest absolute Gasteiger partial charge is 0.316 e. The summed E-state index contributed by atoms with van der Waals surface area (Å²) in [5, 5.41) is 7.30. The molecule has 1 aliphatic heterocycles. The van der Waals surface area contributed by atoms with E-state index in [1.807, 2.05) is 0 Å². The van der Waals surface area contributed by atoms with E-state index in [9.17, 15) is 0 Å². The molecule has 0 amide bonds. The van der Waals surface area contributed by atoms with Gasteiger partial charge in [0, 0.05) is 19.1 Å². The van der Waals surface area contributed by atoms with E-state index in [4.69, 9.17) is 0 Å². The van der Waals surface area contributed by atoms with Gasteiger partial charge in [0.25, 0.3) is 0 Å². The lowest BCUT2D eigenvalue weighted by Crippen LogP contribution is -2.46. The van der Waals surface area contributed by atoms with Crippen LogP contribution in [0.15, 0.2) is 0 Å². The number of hydrogen-bond donors (Lipinski definition) is 2. The summed E-state index contributed by atoms with van der Waals surface area (Å²) in [4.78, 5) is 0. The fourth-order valence-corrected chi connectivity index (χ4v) is 3.05. The van der Waals surface area contributed by atoms with Crippen LogP contribution in [0.25, 0.3) is 0 Å². The van der Waals surface area contributed by atoms with Crippen molar-refractivity contribution in [2.45, 2.75) is 52.0 Å². The Kier molecular flexibility index (Phi) is 3.68. The molecule has 1 heterocycles. The van der Waals surface area contributed by atoms with Gasteiger partial charge in [-0.2, -0.15) is 0 Å². The molecule has 2 aliphatic rings. The van der Waals surface area contributed by atoms with Crippen LogP contribution in [0, 0.1) is 11.3 Å². The molecule has 2 N–H and O–H groups in total. The van der Waals surface area contributed by atoms with Crippen LogP contribution in [0.2, 0.25) is 0 Å². The van der Waals surface area contributed by atoms with Gasteiger partial charge in [0.2, 0.25) is 0 Å². The van der Waals surface area contributed by atoms with Crippen molar-refractivity contribution in [3.63, 3.8) is 0 Å². The molecule has 0 aromatic carbocycles. The minimum atomic E-state index is 0.504. The summed E-state index contributed by atoms with van der Waals surface area (Å²) in [6, 6.07) is 0.804. The van der Waals surface area contributed by atoms with Crippen molar-refractivity contribution < 1.29 is 0 Å². The van der Waals surface area contributed by atoms with Crippen molar-refractivity contribution in [2.24, 2.45) is 11.3 Å². The van der Waals surface area contributed by atoms with Crippen LogP contribution in [0.5, 0.6) is 0 Å².